The highest BCUT2D eigenvalue weighted by molar-refractivity contribution is 5.72. The molecule has 3 unspecified atom stereocenters. The molecule has 4 aromatic rings. The average Bonchev–Trinajstić information content (AvgIpc) is 3.44. The summed E-state index contributed by atoms with van der Waals surface area (Å²) in [5.41, 5.74) is 7.94. The maximum absolute atomic E-state index is 14.5. The Morgan fingerprint density at radius 2 is 1.68 bits per heavy atom. The summed E-state index contributed by atoms with van der Waals surface area (Å²) in [6, 6.07) is 25.1. The number of aromatic nitrogens is 1. The third-order valence-electron chi connectivity index (χ3n) is 9.43. The van der Waals surface area contributed by atoms with E-state index in [2.05, 4.69) is 47.0 Å². The Hall–Kier alpha value is -4.32. The summed E-state index contributed by atoms with van der Waals surface area (Å²) in [5, 5.41) is 0. The fourth-order valence-corrected chi connectivity index (χ4v) is 7.66. The molecule has 5 heterocycles. The minimum atomic E-state index is -4.44. The number of hydrogen-bond donors (Lipinski definition) is 0. The summed E-state index contributed by atoms with van der Waals surface area (Å²) in [6.45, 7) is 5.62. The molecule has 41 heavy (non-hydrogen) atoms. The molecule has 0 spiro atoms. The molecule has 0 radical (unpaired) electrons. The molecule has 3 aromatic carbocycles. The smallest absolute Gasteiger partial charge is 0.352 e. The maximum Gasteiger partial charge on any atom is 0.416 e. The molecule has 4 aliphatic rings. The van der Waals surface area contributed by atoms with Gasteiger partial charge in [0.05, 0.1) is 11.1 Å². The van der Waals surface area contributed by atoms with E-state index < -0.39 is 11.7 Å². The molecule has 0 saturated heterocycles. The summed E-state index contributed by atoms with van der Waals surface area (Å²) < 4.78 is 45.6. The van der Waals surface area contributed by atoms with E-state index in [0.717, 1.165) is 35.5 Å². The van der Waals surface area contributed by atoms with Gasteiger partial charge in [0.15, 0.2) is 6.20 Å². The van der Waals surface area contributed by atoms with Crippen molar-refractivity contribution in [2.24, 2.45) is 0 Å². The van der Waals surface area contributed by atoms with Gasteiger partial charge in [-0.05, 0) is 65.8 Å². The quantitative estimate of drug-likeness (QED) is 0.227. The summed E-state index contributed by atoms with van der Waals surface area (Å²) in [5.74, 6) is -0.00205. The van der Waals surface area contributed by atoms with Crippen LogP contribution < -0.4 is 4.57 Å². The lowest BCUT2D eigenvalue weighted by atomic mass is 9.75. The largest absolute Gasteiger partial charge is 0.416 e. The van der Waals surface area contributed by atoms with Crippen LogP contribution in [0.25, 0.3) is 28.1 Å². The van der Waals surface area contributed by atoms with Gasteiger partial charge in [0, 0.05) is 42.6 Å². The molecule has 3 atom stereocenters. The van der Waals surface area contributed by atoms with Crippen molar-refractivity contribution in [2.45, 2.75) is 43.6 Å². The van der Waals surface area contributed by atoms with E-state index in [1.165, 1.54) is 28.8 Å². The zero-order valence-corrected chi connectivity index (χ0v) is 22.5. The van der Waals surface area contributed by atoms with E-state index in [0.29, 0.717) is 24.0 Å². The Kier molecular flexibility index (Phi) is 5.28. The first-order valence-corrected chi connectivity index (χ1v) is 14.2. The molecule has 8 rings (SSSR count). The van der Waals surface area contributed by atoms with E-state index in [1.807, 2.05) is 59.3 Å². The highest BCUT2D eigenvalue weighted by Crippen LogP contribution is 2.52. The Balaban J connectivity index is 1.39. The summed E-state index contributed by atoms with van der Waals surface area (Å²) in [7, 11) is 0. The number of rotatable bonds is 1. The second-order valence-corrected chi connectivity index (χ2v) is 11.5. The Labute approximate surface area is 237 Å². The number of nitrogens with zero attached hydrogens (tertiary/aromatic N) is 3. The molecular formula is C35H29F3N3+. The van der Waals surface area contributed by atoms with E-state index in [-0.39, 0.29) is 18.1 Å². The SMILES string of the molecule is C=C1C2C(CCc3c(cccc3C(F)(F)F)-c3cc(-c4ccccc4)cc[n+]31)c1cccc3c1C1N(C=CN21)CC3. The lowest BCUT2D eigenvalue weighted by molar-refractivity contribution is -0.573. The number of benzene rings is 3. The molecule has 4 aliphatic heterocycles. The predicted octanol–water partition coefficient (Wildman–Crippen LogP) is 7.55. The van der Waals surface area contributed by atoms with Crippen LogP contribution in [0.2, 0.25) is 0 Å². The molecule has 6 heteroatoms. The van der Waals surface area contributed by atoms with E-state index in [9.17, 15) is 13.2 Å². The van der Waals surface area contributed by atoms with Crippen molar-refractivity contribution in [1.29, 1.82) is 0 Å². The molecule has 204 valence electrons. The minimum absolute atomic E-state index is 0.00205. The van der Waals surface area contributed by atoms with Gasteiger partial charge < -0.3 is 9.80 Å². The zero-order chi connectivity index (χ0) is 27.9. The number of halogens is 3. The van der Waals surface area contributed by atoms with Crippen LogP contribution in [0.15, 0.2) is 104 Å². The summed E-state index contributed by atoms with van der Waals surface area (Å²) >= 11 is 0. The van der Waals surface area contributed by atoms with Crippen LogP contribution in [0.4, 0.5) is 13.2 Å². The highest BCUT2D eigenvalue weighted by atomic mass is 19.4. The van der Waals surface area contributed by atoms with Crippen LogP contribution in [-0.2, 0) is 19.0 Å². The van der Waals surface area contributed by atoms with E-state index >= 15 is 0 Å². The first-order chi connectivity index (χ1) is 19.9. The zero-order valence-electron chi connectivity index (χ0n) is 22.5. The molecule has 1 aromatic heterocycles. The van der Waals surface area contributed by atoms with Crippen LogP contribution >= 0.6 is 0 Å². The van der Waals surface area contributed by atoms with Crippen LogP contribution in [0.5, 0.6) is 0 Å². The third kappa shape index (κ3) is 3.62. The number of alkyl halides is 3. The number of hydrogen-bond acceptors (Lipinski definition) is 2. The molecule has 0 bridgehead atoms. The van der Waals surface area contributed by atoms with E-state index in [1.54, 1.807) is 0 Å². The molecule has 0 fully saturated rings. The van der Waals surface area contributed by atoms with Crippen LogP contribution in [0, 0.1) is 0 Å². The molecule has 0 amide bonds. The van der Waals surface area contributed by atoms with Crippen molar-refractivity contribution in [2.75, 3.05) is 6.54 Å². The van der Waals surface area contributed by atoms with Gasteiger partial charge in [-0.3, -0.25) is 0 Å². The Morgan fingerprint density at radius 1 is 0.854 bits per heavy atom. The van der Waals surface area contributed by atoms with Crippen LogP contribution in [0.3, 0.4) is 0 Å². The summed E-state index contributed by atoms with van der Waals surface area (Å²) in [4.78, 5) is 4.79. The fraction of sp³-hybridized carbons (Fsp3) is 0.229. The molecular weight excluding hydrogens is 519 g/mol. The van der Waals surface area contributed by atoms with Gasteiger partial charge >= 0.3 is 6.18 Å². The number of pyridine rings is 1. The topological polar surface area (TPSA) is 10.4 Å². The number of fused-ring (bicyclic) bond motifs is 6. The van der Waals surface area contributed by atoms with Crippen LogP contribution in [-0.4, -0.2) is 22.4 Å². The molecule has 3 nitrogen and oxygen atoms in total. The first kappa shape index (κ1) is 24.5. The van der Waals surface area contributed by atoms with Gasteiger partial charge in [0.1, 0.15) is 12.2 Å². The fourth-order valence-electron chi connectivity index (χ4n) is 7.66. The minimum Gasteiger partial charge on any atom is -0.352 e. The highest BCUT2D eigenvalue weighted by Gasteiger charge is 2.50. The normalized spacial score (nSPS) is 22.2. The average molecular weight is 549 g/mol. The van der Waals surface area contributed by atoms with Gasteiger partial charge in [0.25, 0.3) is 0 Å². The standard InChI is InChI=1S/C35H29F3N3/c1-22-33-29(28-11-5-9-24-15-17-39-19-20-41(33)34(39)32(24)28)14-13-26-27(10-6-12-30(26)35(36,37)38)31-21-25(16-18-40(22)31)23-7-3-2-4-8-23/h2-12,16,18-21,29,33-34H,1,13-15,17H2/q+1. The van der Waals surface area contributed by atoms with Crippen molar-refractivity contribution < 1.29 is 17.7 Å². The lowest BCUT2D eigenvalue weighted by Gasteiger charge is -2.48. The molecule has 0 saturated carbocycles. The van der Waals surface area contributed by atoms with Crippen molar-refractivity contribution in [1.82, 2.24) is 9.80 Å². The van der Waals surface area contributed by atoms with Gasteiger partial charge in [0.2, 0.25) is 11.4 Å². The van der Waals surface area contributed by atoms with Gasteiger partial charge in [-0.25, -0.2) is 0 Å². The molecule has 0 aliphatic carbocycles. The van der Waals surface area contributed by atoms with Gasteiger partial charge in [-0.15, -0.1) is 0 Å². The van der Waals surface area contributed by atoms with E-state index in [4.69, 9.17) is 0 Å². The van der Waals surface area contributed by atoms with Crippen molar-refractivity contribution >= 4 is 5.70 Å². The second-order valence-electron chi connectivity index (χ2n) is 11.5. The van der Waals surface area contributed by atoms with Crippen molar-refractivity contribution in [3.8, 4) is 22.4 Å². The van der Waals surface area contributed by atoms with Gasteiger partial charge in [-0.2, -0.15) is 17.7 Å². The van der Waals surface area contributed by atoms with Crippen molar-refractivity contribution in [3.05, 3.63) is 132 Å². The monoisotopic (exact) mass is 548 g/mol. The predicted molar refractivity (Wildman–Crippen MR) is 153 cm³/mol. The Bertz CT molecular complexity index is 1740. The van der Waals surface area contributed by atoms with Gasteiger partial charge in [-0.1, -0.05) is 54.6 Å². The Morgan fingerprint density at radius 3 is 2.51 bits per heavy atom. The lowest BCUT2D eigenvalue weighted by Crippen LogP contribution is -2.53. The summed E-state index contributed by atoms with van der Waals surface area (Å²) in [6.07, 6.45) is 3.88. The van der Waals surface area contributed by atoms with Crippen LogP contribution in [0.1, 0.15) is 46.3 Å². The van der Waals surface area contributed by atoms with Crippen molar-refractivity contribution in [3.63, 3.8) is 0 Å². The third-order valence-corrected chi connectivity index (χ3v) is 9.43. The first-order valence-electron chi connectivity index (χ1n) is 14.2. The second kappa shape index (κ2) is 8.84. The molecule has 0 N–H and O–H groups in total. The maximum atomic E-state index is 14.5.